The summed E-state index contributed by atoms with van der Waals surface area (Å²) in [4.78, 5) is 10.4. The summed E-state index contributed by atoms with van der Waals surface area (Å²) in [6.07, 6.45) is 0. The molecule has 1 atom stereocenters. The smallest absolute Gasteiger partial charge is 0.293 e. The molecule has 7 heteroatoms. The molecule has 19 heavy (non-hydrogen) atoms. The Morgan fingerprint density at radius 1 is 1.53 bits per heavy atom. The van der Waals surface area contributed by atoms with Crippen molar-refractivity contribution in [2.45, 2.75) is 13.0 Å². The monoisotopic (exact) mass is 344 g/mol. The Labute approximate surface area is 121 Å². The van der Waals surface area contributed by atoms with Gasteiger partial charge in [0.25, 0.3) is 5.69 Å². The number of benzene rings is 1. The van der Waals surface area contributed by atoms with E-state index in [2.05, 4.69) is 21.2 Å². The average molecular weight is 345 g/mol. The predicted octanol–water partition coefficient (Wildman–Crippen LogP) is 4.73. The fourth-order valence-corrected chi connectivity index (χ4v) is 2.73. The van der Waals surface area contributed by atoms with Crippen LogP contribution >= 0.6 is 27.3 Å². The molecule has 1 heterocycles. The van der Waals surface area contributed by atoms with E-state index in [1.54, 1.807) is 0 Å². The van der Waals surface area contributed by atoms with Crippen molar-refractivity contribution in [2.24, 2.45) is 0 Å². The fourth-order valence-electron chi connectivity index (χ4n) is 1.64. The van der Waals surface area contributed by atoms with Gasteiger partial charge in [-0.05, 0) is 45.2 Å². The standard InChI is InChI=1S/C12H10BrFN2O2S/c1-7(8-2-3-19-6-8)15-11-5-10(14)9(13)4-12(11)16(17)18/h2-7,15H,1H3. The maximum atomic E-state index is 13.5. The second-order valence-electron chi connectivity index (χ2n) is 3.96. The number of nitrogens with zero attached hydrogens (tertiary/aromatic N) is 1. The van der Waals surface area contributed by atoms with Gasteiger partial charge in [-0.2, -0.15) is 11.3 Å². The van der Waals surface area contributed by atoms with Crippen LogP contribution in [-0.4, -0.2) is 4.92 Å². The van der Waals surface area contributed by atoms with Gasteiger partial charge in [0.05, 0.1) is 9.40 Å². The Morgan fingerprint density at radius 3 is 2.84 bits per heavy atom. The molecule has 2 rings (SSSR count). The lowest BCUT2D eigenvalue weighted by atomic mass is 10.1. The van der Waals surface area contributed by atoms with Gasteiger partial charge in [-0.15, -0.1) is 0 Å². The highest BCUT2D eigenvalue weighted by atomic mass is 79.9. The number of nitro benzene ring substituents is 1. The summed E-state index contributed by atoms with van der Waals surface area (Å²) in [5.41, 5.74) is 1.02. The van der Waals surface area contributed by atoms with Gasteiger partial charge in [0, 0.05) is 18.2 Å². The number of thiophene rings is 1. The van der Waals surface area contributed by atoms with Crippen molar-refractivity contribution in [1.29, 1.82) is 0 Å². The van der Waals surface area contributed by atoms with Gasteiger partial charge in [-0.25, -0.2) is 4.39 Å². The third kappa shape index (κ3) is 3.10. The second-order valence-corrected chi connectivity index (χ2v) is 5.60. The van der Waals surface area contributed by atoms with Crippen molar-refractivity contribution < 1.29 is 9.31 Å². The SMILES string of the molecule is CC(Nc1cc(F)c(Br)cc1[N+](=O)[O-])c1ccsc1. The highest BCUT2D eigenvalue weighted by Gasteiger charge is 2.19. The molecular weight excluding hydrogens is 335 g/mol. The first kappa shape index (κ1) is 14.0. The minimum Gasteiger partial charge on any atom is -0.373 e. The minimum absolute atomic E-state index is 0.0768. The number of nitrogens with one attached hydrogen (secondary N) is 1. The molecule has 0 amide bonds. The molecule has 0 aliphatic rings. The van der Waals surface area contributed by atoms with Gasteiger partial charge in [0.15, 0.2) is 0 Å². The van der Waals surface area contributed by atoms with Crippen molar-refractivity contribution in [3.05, 3.63) is 54.9 Å². The van der Waals surface area contributed by atoms with Crippen molar-refractivity contribution in [3.8, 4) is 0 Å². The predicted molar refractivity (Wildman–Crippen MR) is 77.1 cm³/mol. The molecule has 1 N–H and O–H groups in total. The Hall–Kier alpha value is -1.47. The number of hydrogen-bond acceptors (Lipinski definition) is 4. The number of anilines is 1. The van der Waals surface area contributed by atoms with Crippen LogP contribution in [0.15, 0.2) is 33.4 Å². The van der Waals surface area contributed by atoms with Gasteiger partial charge in [0.1, 0.15) is 11.5 Å². The van der Waals surface area contributed by atoms with Crippen molar-refractivity contribution in [2.75, 3.05) is 5.32 Å². The van der Waals surface area contributed by atoms with E-state index in [-0.39, 0.29) is 21.9 Å². The summed E-state index contributed by atoms with van der Waals surface area (Å²) in [6.45, 7) is 1.87. The molecule has 0 aliphatic heterocycles. The van der Waals surface area contributed by atoms with Crippen LogP contribution in [0.4, 0.5) is 15.8 Å². The zero-order valence-corrected chi connectivity index (χ0v) is 12.3. The normalized spacial score (nSPS) is 12.2. The van der Waals surface area contributed by atoms with E-state index in [9.17, 15) is 14.5 Å². The number of hydrogen-bond donors (Lipinski definition) is 1. The summed E-state index contributed by atoms with van der Waals surface area (Å²) in [6, 6.07) is 4.08. The van der Waals surface area contributed by atoms with E-state index >= 15 is 0 Å². The third-order valence-electron chi connectivity index (χ3n) is 2.65. The van der Waals surface area contributed by atoms with E-state index in [1.165, 1.54) is 11.3 Å². The molecule has 0 saturated carbocycles. The lowest BCUT2D eigenvalue weighted by molar-refractivity contribution is -0.384. The minimum atomic E-state index is -0.536. The van der Waals surface area contributed by atoms with Crippen LogP contribution in [0.2, 0.25) is 0 Å². The Morgan fingerprint density at radius 2 is 2.26 bits per heavy atom. The van der Waals surface area contributed by atoms with E-state index in [0.29, 0.717) is 0 Å². The zero-order valence-electron chi connectivity index (χ0n) is 9.89. The van der Waals surface area contributed by atoms with Gasteiger partial charge in [0.2, 0.25) is 0 Å². The van der Waals surface area contributed by atoms with Crippen LogP contribution in [-0.2, 0) is 0 Å². The highest BCUT2D eigenvalue weighted by molar-refractivity contribution is 9.10. The molecule has 1 aromatic heterocycles. The largest absolute Gasteiger partial charge is 0.373 e. The highest BCUT2D eigenvalue weighted by Crippen LogP contribution is 2.33. The molecule has 2 aromatic rings. The molecule has 0 fully saturated rings. The van der Waals surface area contributed by atoms with Crippen LogP contribution in [0.3, 0.4) is 0 Å². The maximum Gasteiger partial charge on any atom is 0.293 e. The van der Waals surface area contributed by atoms with E-state index < -0.39 is 10.7 Å². The first-order valence-electron chi connectivity index (χ1n) is 5.41. The molecule has 100 valence electrons. The van der Waals surface area contributed by atoms with E-state index in [4.69, 9.17) is 0 Å². The number of halogens is 2. The molecule has 0 aliphatic carbocycles. The molecule has 0 radical (unpaired) electrons. The lowest BCUT2D eigenvalue weighted by Crippen LogP contribution is -2.08. The van der Waals surface area contributed by atoms with Crippen molar-refractivity contribution in [1.82, 2.24) is 0 Å². The van der Waals surface area contributed by atoms with Gasteiger partial charge in [-0.1, -0.05) is 0 Å². The summed E-state index contributed by atoms with van der Waals surface area (Å²) < 4.78 is 13.6. The molecule has 0 saturated heterocycles. The van der Waals surface area contributed by atoms with E-state index in [0.717, 1.165) is 17.7 Å². The van der Waals surface area contributed by atoms with Gasteiger partial charge >= 0.3 is 0 Å². The summed E-state index contributed by atoms with van der Waals surface area (Å²) >= 11 is 4.49. The molecular formula is C12H10BrFN2O2S. The Bertz CT molecular complexity index is 604. The van der Waals surface area contributed by atoms with Crippen molar-refractivity contribution in [3.63, 3.8) is 0 Å². The quantitative estimate of drug-likeness (QED) is 0.644. The second kappa shape index (κ2) is 5.66. The van der Waals surface area contributed by atoms with E-state index in [1.807, 2.05) is 23.8 Å². The summed E-state index contributed by atoms with van der Waals surface area (Å²) in [7, 11) is 0. The van der Waals surface area contributed by atoms with Gasteiger partial charge < -0.3 is 5.32 Å². The van der Waals surface area contributed by atoms with Crippen LogP contribution in [0.1, 0.15) is 18.5 Å². The fraction of sp³-hybridized carbons (Fsp3) is 0.167. The molecule has 0 bridgehead atoms. The topological polar surface area (TPSA) is 55.2 Å². The van der Waals surface area contributed by atoms with Crippen LogP contribution < -0.4 is 5.32 Å². The first-order valence-corrected chi connectivity index (χ1v) is 7.14. The van der Waals surface area contributed by atoms with Crippen LogP contribution in [0, 0.1) is 15.9 Å². The summed E-state index contributed by atoms with van der Waals surface area (Å²) in [5, 5.41) is 17.8. The molecule has 1 aromatic carbocycles. The third-order valence-corrected chi connectivity index (χ3v) is 3.96. The molecule has 1 unspecified atom stereocenters. The first-order chi connectivity index (χ1) is 8.99. The maximum absolute atomic E-state index is 13.5. The summed E-state index contributed by atoms with van der Waals surface area (Å²) in [5.74, 6) is -0.536. The zero-order chi connectivity index (χ0) is 14.0. The number of rotatable bonds is 4. The van der Waals surface area contributed by atoms with Gasteiger partial charge in [-0.3, -0.25) is 10.1 Å². The lowest BCUT2D eigenvalue weighted by Gasteiger charge is -2.14. The molecule has 0 spiro atoms. The Balaban J connectivity index is 2.33. The van der Waals surface area contributed by atoms with Crippen molar-refractivity contribution >= 4 is 38.6 Å². The van der Waals surface area contributed by atoms with Crippen LogP contribution in [0.25, 0.3) is 0 Å². The average Bonchev–Trinajstić information content (AvgIpc) is 2.86. The van der Waals surface area contributed by atoms with Crippen LogP contribution in [0.5, 0.6) is 0 Å². The number of nitro groups is 1. The molecule has 4 nitrogen and oxygen atoms in total. The Kier molecular flexibility index (Phi) is 4.16.